The highest BCUT2D eigenvalue weighted by Gasteiger charge is 2.28. The van der Waals surface area contributed by atoms with Gasteiger partial charge in [0.05, 0.1) is 6.04 Å². The van der Waals surface area contributed by atoms with Crippen LogP contribution < -0.4 is 16.4 Å². The Bertz CT molecular complexity index is 768. The molecule has 0 radical (unpaired) electrons. The second-order valence-corrected chi connectivity index (χ2v) is 6.62. The minimum atomic E-state index is -1.35. The summed E-state index contributed by atoms with van der Waals surface area (Å²) in [6, 6.07) is 4.69. The summed E-state index contributed by atoms with van der Waals surface area (Å²) in [6.07, 6.45) is -1.31. The van der Waals surface area contributed by atoms with Crippen molar-refractivity contribution in [3.63, 3.8) is 0 Å². The lowest BCUT2D eigenvalue weighted by Crippen LogP contribution is -2.55. The Morgan fingerprint density at radius 3 is 1.87 bits per heavy atom. The van der Waals surface area contributed by atoms with E-state index in [2.05, 4.69) is 10.6 Å². The van der Waals surface area contributed by atoms with Crippen LogP contribution in [0.3, 0.4) is 0 Å². The van der Waals surface area contributed by atoms with E-state index < -0.39 is 54.3 Å². The molecule has 0 aromatic heterocycles. The van der Waals surface area contributed by atoms with Crippen LogP contribution in [0.4, 0.5) is 0 Å². The van der Waals surface area contributed by atoms with E-state index in [1.807, 2.05) is 0 Å². The highest BCUT2D eigenvalue weighted by Crippen LogP contribution is 2.06. The molecule has 0 heterocycles. The van der Waals surface area contributed by atoms with Gasteiger partial charge in [0.2, 0.25) is 11.8 Å². The van der Waals surface area contributed by atoms with Crippen LogP contribution in [0.1, 0.15) is 31.2 Å². The summed E-state index contributed by atoms with van der Waals surface area (Å²) in [5.41, 5.74) is 6.26. The topological polar surface area (TPSA) is 196 Å². The largest absolute Gasteiger partial charge is 0.481 e. The summed E-state index contributed by atoms with van der Waals surface area (Å²) in [5.74, 6) is -5.37. The van der Waals surface area contributed by atoms with Crippen LogP contribution in [0.25, 0.3) is 0 Å². The number of benzene rings is 1. The summed E-state index contributed by atoms with van der Waals surface area (Å²) < 4.78 is 0. The zero-order valence-corrected chi connectivity index (χ0v) is 16.1. The van der Waals surface area contributed by atoms with E-state index in [0.29, 0.717) is 5.56 Å². The summed E-state index contributed by atoms with van der Waals surface area (Å²) in [4.78, 5) is 57.7. The standard InChI is InChI=1S/C19H25N3O8/c20-12(6-8-15(23)24)17(27)21-13(7-9-16(25)26)18(28)22-14(19(29)30)10-11-4-2-1-3-5-11/h1-5,12-14H,6-10,20H2,(H,21,27)(H,22,28)(H,23,24)(H,25,26)(H,29,30). The Balaban J connectivity index is 2.84. The average Bonchev–Trinajstić information content (AvgIpc) is 2.68. The summed E-state index contributed by atoms with van der Waals surface area (Å²) in [7, 11) is 0. The molecule has 7 N–H and O–H groups in total. The molecular weight excluding hydrogens is 398 g/mol. The van der Waals surface area contributed by atoms with E-state index >= 15 is 0 Å². The van der Waals surface area contributed by atoms with Crippen LogP contribution in [0, 0.1) is 0 Å². The fourth-order valence-corrected chi connectivity index (χ4v) is 2.55. The molecule has 1 aromatic carbocycles. The highest BCUT2D eigenvalue weighted by atomic mass is 16.4. The predicted molar refractivity (Wildman–Crippen MR) is 103 cm³/mol. The minimum Gasteiger partial charge on any atom is -0.481 e. The Labute approximate surface area is 172 Å². The van der Waals surface area contributed by atoms with Gasteiger partial charge in [0, 0.05) is 19.3 Å². The normalized spacial score (nSPS) is 13.5. The molecular formula is C19H25N3O8. The Hall–Kier alpha value is -3.47. The molecule has 0 fully saturated rings. The lowest BCUT2D eigenvalue weighted by Gasteiger charge is -2.22. The molecule has 30 heavy (non-hydrogen) atoms. The van der Waals surface area contributed by atoms with Gasteiger partial charge in [-0.1, -0.05) is 30.3 Å². The second kappa shape index (κ2) is 12.2. The number of nitrogens with two attached hydrogens (primary N) is 1. The maximum absolute atomic E-state index is 12.6. The van der Waals surface area contributed by atoms with Crippen molar-refractivity contribution in [2.75, 3.05) is 0 Å². The van der Waals surface area contributed by atoms with E-state index in [4.69, 9.17) is 15.9 Å². The number of carbonyl (C=O) groups is 5. The van der Waals surface area contributed by atoms with Gasteiger partial charge in [0.25, 0.3) is 0 Å². The van der Waals surface area contributed by atoms with Crippen molar-refractivity contribution in [1.29, 1.82) is 0 Å². The van der Waals surface area contributed by atoms with Crippen molar-refractivity contribution in [2.24, 2.45) is 5.73 Å². The fourth-order valence-electron chi connectivity index (χ4n) is 2.55. The van der Waals surface area contributed by atoms with Gasteiger partial charge in [-0.05, 0) is 18.4 Å². The summed E-state index contributed by atoms with van der Waals surface area (Å²) in [5, 5.41) is 31.5. The third-order valence-electron chi connectivity index (χ3n) is 4.18. The molecule has 11 nitrogen and oxygen atoms in total. The van der Waals surface area contributed by atoms with Gasteiger partial charge < -0.3 is 31.7 Å². The number of hydrogen-bond acceptors (Lipinski definition) is 6. The van der Waals surface area contributed by atoms with Gasteiger partial charge in [-0.25, -0.2) is 4.79 Å². The molecule has 0 aliphatic rings. The SMILES string of the molecule is NC(CCC(=O)O)C(=O)NC(CCC(=O)O)C(=O)NC(Cc1ccccc1)C(=O)O. The molecule has 3 atom stereocenters. The molecule has 1 rings (SSSR count). The maximum atomic E-state index is 12.6. The Morgan fingerprint density at radius 1 is 0.800 bits per heavy atom. The average molecular weight is 423 g/mol. The van der Waals surface area contributed by atoms with Crippen molar-refractivity contribution in [3.05, 3.63) is 35.9 Å². The number of rotatable bonds is 13. The van der Waals surface area contributed by atoms with Gasteiger partial charge in [-0.3, -0.25) is 19.2 Å². The Kier molecular flexibility index (Phi) is 9.97. The minimum absolute atomic E-state index is 0.0143. The summed E-state index contributed by atoms with van der Waals surface area (Å²) in [6.45, 7) is 0. The first-order chi connectivity index (χ1) is 14.1. The predicted octanol–water partition coefficient (Wildman–Crippen LogP) is -0.660. The number of amides is 2. The van der Waals surface area contributed by atoms with Crippen LogP contribution in [0.5, 0.6) is 0 Å². The Morgan fingerprint density at radius 2 is 1.33 bits per heavy atom. The van der Waals surface area contributed by atoms with Crippen molar-refractivity contribution in [1.82, 2.24) is 10.6 Å². The van der Waals surface area contributed by atoms with E-state index in [1.165, 1.54) is 0 Å². The first kappa shape index (κ1) is 24.6. The third-order valence-corrected chi connectivity index (χ3v) is 4.18. The number of aliphatic carboxylic acids is 3. The monoisotopic (exact) mass is 423 g/mol. The molecule has 2 amide bonds. The second-order valence-electron chi connectivity index (χ2n) is 6.62. The number of carbonyl (C=O) groups excluding carboxylic acids is 2. The maximum Gasteiger partial charge on any atom is 0.326 e. The number of carboxylic acid groups (broad SMARTS) is 3. The van der Waals surface area contributed by atoms with E-state index in [0.717, 1.165) is 0 Å². The van der Waals surface area contributed by atoms with Crippen LogP contribution in [0.15, 0.2) is 30.3 Å². The molecule has 0 aliphatic heterocycles. The molecule has 0 saturated heterocycles. The van der Waals surface area contributed by atoms with Crippen LogP contribution in [0.2, 0.25) is 0 Å². The van der Waals surface area contributed by atoms with E-state index in [9.17, 15) is 29.1 Å². The zero-order chi connectivity index (χ0) is 22.7. The molecule has 164 valence electrons. The molecule has 1 aromatic rings. The third kappa shape index (κ3) is 9.15. The zero-order valence-electron chi connectivity index (χ0n) is 16.1. The smallest absolute Gasteiger partial charge is 0.326 e. The molecule has 0 saturated carbocycles. The van der Waals surface area contributed by atoms with E-state index in [1.54, 1.807) is 30.3 Å². The molecule has 3 unspecified atom stereocenters. The van der Waals surface area contributed by atoms with Gasteiger partial charge in [0.1, 0.15) is 12.1 Å². The van der Waals surface area contributed by atoms with Crippen molar-refractivity contribution >= 4 is 29.7 Å². The molecule has 0 bridgehead atoms. The fraction of sp³-hybridized carbons (Fsp3) is 0.421. The molecule has 0 aliphatic carbocycles. The van der Waals surface area contributed by atoms with Gasteiger partial charge in [0.15, 0.2) is 0 Å². The van der Waals surface area contributed by atoms with Gasteiger partial charge >= 0.3 is 17.9 Å². The number of nitrogens with one attached hydrogen (secondary N) is 2. The first-order valence-electron chi connectivity index (χ1n) is 9.16. The first-order valence-corrected chi connectivity index (χ1v) is 9.16. The number of hydrogen-bond donors (Lipinski definition) is 6. The van der Waals surface area contributed by atoms with Crippen LogP contribution >= 0.6 is 0 Å². The van der Waals surface area contributed by atoms with Crippen LogP contribution in [-0.4, -0.2) is 63.2 Å². The van der Waals surface area contributed by atoms with Crippen molar-refractivity contribution in [3.8, 4) is 0 Å². The van der Waals surface area contributed by atoms with Crippen molar-refractivity contribution < 1.29 is 39.3 Å². The van der Waals surface area contributed by atoms with Gasteiger partial charge in [-0.15, -0.1) is 0 Å². The molecule has 0 spiro atoms. The van der Waals surface area contributed by atoms with Crippen LogP contribution in [-0.2, 0) is 30.4 Å². The lowest BCUT2D eigenvalue weighted by atomic mass is 10.0. The lowest BCUT2D eigenvalue weighted by molar-refractivity contribution is -0.143. The summed E-state index contributed by atoms with van der Waals surface area (Å²) >= 11 is 0. The number of carboxylic acids is 3. The van der Waals surface area contributed by atoms with Crippen molar-refractivity contribution in [2.45, 2.75) is 50.2 Å². The van der Waals surface area contributed by atoms with Gasteiger partial charge in [-0.2, -0.15) is 0 Å². The quantitative estimate of drug-likeness (QED) is 0.238. The van der Waals surface area contributed by atoms with E-state index in [-0.39, 0.29) is 25.7 Å². The highest BCUT2D eigenvalue weighted by molar-refractivity contribution is 5.92. The molecule has 11 heteroatoms.